The van der Waals surface area contributed by atoms with Gasteiger partial charge < -0.3 is 15.5 Å². The molecule has 94 valence electrons. The van der Waals surface area contributed by atoms with Crippen LogP contribution in [0.1, 0.15) is 34.1 Å². The minimum Gasteiger partial charge on any atom is -0.481 e. The maximum atomic E-state index is 11.4. The molecule has 0 rings (SSSR count). The number of carboxylic acids is 1. The van der Waals surface area contributed by atoms with Crippen molar-refractivity contribution in [1.29, 1.82) is 0 Å². The smallest absolute Gasteiger partial charge is 0.309 e. The van der Waals surface area contributed by atoms with Crippen LogP contribution in [0.3, 0.4) is 0 Å². The summed E-state index contributed by atoms with van der Waals surface area (Å²) < 4.78 is 0. The van der Waals surface area contributed by atoms with E-state index in [1.165, 1.54) is 13.8 Å². The monoisotopic (exact) mass is 231 g/mol. The molecule has 0 aromatic heterocycles. The van der Waals surface area contributed by atoms with Crippen molar-refractivity contribution in [3.63, 3.8) is 0 Å². The van der Waals surface area contributed by atoms with Crippen molar-refractivity contribution in [2.75, 3.05) is 6.54 Å². The largest absolute Gasteiger partial charge is 0.481 e. The number of carboxylic acid groups (broad SMARTS) is 1. The van der Waals surface area contributed by atoms with E-state index in [0.29, 0.717) is 0 Å². The van der Waals surface area contributed by atoms with E-state index in [1.807, 2.05) is 13.8 Å². The van der Waals surface area contributed by atoms with Crippen LogP contribution >= 0.6 is 0 Å². The molecule has 0 spiro atoms. The molecule has 0 aliphatic carbocycles. The van der Waals surface area contributed by atoms with Crippen molar-refractivity contribution < 1.29 is 19.8 Å². The summed E-state index contributed by atoms with van der Waals surface area (Å²) in [5.74, 6) is -1.30. The highest BCUT2D eigenvalue weighted by Crippen LogP contribution is 2.19. The molecule has 0 aromatic carbocycles. The molecule has 0 aromatic rings. The van der Waals surface area contributed by atoms with E-state index >= 15 is 0 Å². The zero-order chi connectivity index (χ0) is 12.9. The van der Waals surface area contributed by atoms with E-state index in [4.69, 9.17) is 5.11 Å². The first-order valence-corrected chi connectivity index (χ1v) is 5.35. The lowest BCUT2D eigenvalue weighted by Crippen LogP contribution is -2.38. The second-order valence-corrected chi connectivity index (χ2v) is 4.98. The first-order valence-electron chi connectivity index (χ1n) is 5.35. The van der Waals surface area contributed by atoms with Crippen LogP contribution in [-0.2, 0) is 9.59 Å². The second kappa shape index (κ2) is 5.84. The van der Waals surface area contributed by atoms with Gasteiger partial charge in [-0.2, -0.15) is 0 Å². The molecular formula is C11H21NO4. The maximum absolute atomic E-state index is 11.4. The fourth-order valence-corrected chi connectivity index (χ4v) is 0.994. The zero-order valence-corrected chi connectivity index (χ0v) is 10.3. The molecule has 0 heterocycles. The molecule has 1 amide bonds. The van der Waals surface area contributed by atoms with Gasteiger partial charge in [0.1, 0.15) is 0 Å². The molecule has 1 unspecified atom stereocenters. The predicted octanol–water partition coefficient (Wildman–Crippen LogP) is 0.620. The Kier molecular flexibility index (Phi) is 5.44. The molecule has 0 saturated heterocycles. The van der Waals surface area contributed by atoms with E-state index in [-0.39, 0.29) is 24.8 Å². The zero-order valence-electron chi connectivity index (χ0n) is 10.3. The SMILES string of the molecule is CC(C)C(O)CNC(=O)CC(C)(C)C(=O)O. The highest BCUT2D eigenvalue weighted by Gasteiger charge is 2.30. The van der Waals surface area contributed by atoms with Gasteiger partial charge in [0.15, 0.2) is 0 Å². The third-order valence-corrected chi connectivity index (χ3v) is 2.46. The molecule has 1 atom stereocenters. The Labute approximate surface area is 95.9 Å². The van der Waals surface area contributed by atoms with E-state index in [1.54, 1.807) is 0 Å². The van der Waals surface area contributed by atoms with Gasteiger partial charge in [0, 0.05) is 13.0 Å². The first kappa shape index (κ1) is 14.9. The second-order valence-electron chi connectivity index (χ2n) is 4.98. The Balaban J connectivity index is 4.06. The number of nitrogens with one attached hydrogen (secondary N) is 1. The van der Waals surface area contributed by atoms with Crippen LogP contribution in [0.15, 0.2) is 0 Å². The Morgan fingerprint density at radius 3 is 2.19 bits per heavy atom. The van der Waals surface area contributed by atoms with Gasteiger partial charge in [-0.15, -0.1) is 0 Å². The normalized spacial score (nSPS) is 13.6. The van der Waals surface area contributed by atoms with Gasteiger partial charge in [0.2, 0.25) is 5.91 Å². The van der Waals surface area contributed by atoms with Crippen LogP contribution in [0.4, 0.5) is 0 Å². The summed E-state index contributed by atoms with van der Waals surface area (Å²) in [6.07, 6.45) is -0.690. The molecule has 0 bridgehead atoms. The van der Waals surface area contributed by atoms with Crippen LogP contribution in [-0.4, -0.2) is 34.7 Å². The number of hydrogen-bond donors (Lipinski definition) is 3. The van der Waals surface area contributed by atoms with Gasteiger partial charge in [-0.3, -0.25) is 9.59 Å². The summed E-state index contributed by atoms with van der Waals surface area (Å²) in [6.45, 7) is 6.84. The molecule has 16 heavy (non-hydrogen) atoms. The standard InChI is InChI=1S/C11H21NO4/c1-7(2)8(13)6-12-9(14)5-11(3,4)10(15)16/h7-8,13H,5-6H2,1-4H3,(H,12,14)(H,15,16). The minimum absolute atomic E-state index is 0.0628. The molecule has 3 N–H and O–H groups in total. The maximum Gasteiger partial charge on any atom is 0.309 e. The number of carbonyl (C=O) groups excluding carboxylic acids is 1. The molecule has 5 nitrogen and oxygen atoms in total. The highest BCUT2D eigenvalue weighted by atomic mass is 16.4. The van der Waals surface area contributed by atoms with Crippen molar-refractivity contribution in [2.45, 2.75) is 40.2 Å². The van der Waals surface area contributed by atoms with Crippen LogP contribution in [0, 0.1) is 11.3 Å². The number of aliphatic hydroxyl groups is 1. The van der Waals surface area contributed by atoms with Crippen LogP contribution < -0.4 is 5.32 Å². The fourth-order valence-electron chi connectivity index (χ4n) is 0.994. The van der Waals surface area contributed by atoms with Crippen LogP contribution in [0.2, 0.25) is 0 Å². The number of carbonyl (C=O) groups is 2. The van der Waals surface area contributed by atoms with E-state index in [9.17, 15) is 14.7 Å². The number of amides is 1. The topological polar surface area (TPSA) is 86.6 Å². The van der Waals surface area contributed by atoms with Gasteiger partial charge in [0.05, 0.1) is 11.5 Å². The Hall–Kier alpha value is -1.10. The highest BCUT2D eigenvalue weighted by molar-refractivity contribution is 5.84. The van der Waals surface area contributed by atoms with Crippen molar-refractivity contribution >= 4 is 11.9 Å². The molecule has 0 aliphatic rings. The van der Waals surface area contributed by atoms with Gasteiger partial charge >= 0.3 is 5.97 Å². The quantitative estimate of drug-likeness (QED) is 0.625. The molecule has 0 saturated carbocycles. The molecule has 5 heteroatoms. The molecule has 0 fully saturated rings. The summed E-state index contributed by atoms with van der Waals surface area (Å²) in [5.41, 5.74) is -1.08. The fraction of sp³-hybridized carbons (Fsp3) is 0.818. The summed E-state index contributed by atoms with van der Waals surface area (Å²) in [7, 11) is 0. The lowest BCUT2D eigenvalue weighted by atomic mass is 9.89. The van der Waals surface area contributed by atoms with E-state index < -0.39 is 17.5 Å². The summed E-state index contributed by atoms with van der Waals surface area (Å²) in [5, 5.41) is 20.8. The molecular weight excluding hydrogens is 210 g/mol. The Morgan fingerprint density at radius 1 is 1.31 bits per heavy atom. The van der Waals surface area contributed by atoms with E-state index in [2.05, 4.69) is 5.32 Å². The van der Waals surface area contributed by atoms with Crippen LogP contribution in [0.5, 0.6) is 0 Å². The number of hydrogen-bond acceptors (Lipinski definition) is 3. The number of aliphatic hydroxyl groups excluding tert-OH is 1. The lowest BCUT2D eigenvalue weighted by molar-refractivity contribution is -0.149. The Bertz CT molecular complexity index is 261. The van der Waals surface area contributed by atoms with Gasteiger partial charge in [-0.05, 0) is 19.8 Å². The predicted molar refractivity (Wildman–Crippen MR) is 59.9 cm³/mol. The van der Waals surface area contributed by atoms with Crippen molar-refractivity contribution in [1.82, 2.24) is 5.32 Å². The third kappa shape index (κ3) is 5.11. The first-order chi connectivity index (χ1) is 7.16. The van der Waals surface area contributed by atoms with Crippen LogP contribution in [0.25, 0.3) is 0 Å². The average Bonchev–Trinajstić information content (AvgIpc) is 2.12. The summed E-state index contributed by atoms with van der Waals surface area (Å²) >= 11 is 0. The number of rotatable bonds is 6. The van der Waals surface area contributed by atoms with Gasteiger partial charge in [-0.25, -0.2) is 0 Å². The van der Waals surface area contributed by atoms with Gasteiger partial charge in [-0.1, -0.05) is 13.8 Å². The third-order valence-electron chi connectivity index (χ3n) is 2.46. The summed E-state index contributed by atoms with van der Waals surface area (Å²) in [6, 6.07) is 0. The van der Waals surface area contributed by atoms with Crippen molar-refractivity contribution in [2.24, 2.45) is 11.3 Å². The average molecular weight is 231 g/mol. The van der Waals surface area contributed by atoms with Crippen molar-refractivity contribution in [3.05, 3.63) is 0 Å². The van der Waals surface area contributed by atoms with E-state index in [0.717, 1.165) is 0 Å². The number of aliphatic carboxylic acids is 1. The minimum atomic E-state index is -1.08. The lowest BCUT2D eigenvalue weighted by Gasteiger charge is -2.20. The molecule has 0 aliphatic heterocycles. The van der Waals surface area contributed by atoms with Gasteiger partial charge in [0.25, 0.3) is 0 Å². The molecule has 0 radical (unpaired) electrons. The van der Waals surface area contributed by atoms with Crippen molar-refractivity contribution in [3.8, 4) is 0 Å². The Morgan fingerprint density at radius 2 is 1.81 bits per heavy atom. The summed E-state index contributed by atoms with van der Waals surface area (Å²) in [4.78, 5) is 22.2.